The summed E-state index contributed by atoms with van der Waals surface area (Å²) in [5.74, 6) is -1.06. The molecule has 1 aliphatic rings. The van der Waals surface area contributed by atoms with Crippen LogP contribution in [0.2, 0.25) is 0 Å². The molecule has 27 heavy (non-hydrogen) atoms. The number of carbonyl (C=O) groups excluding carboxylic acids is 3. The molecule has 1 heterocycles. The molecule has 1 atom stereocenters. The van der Waals surface area contributed by atoms with Crippen LogP contribution >= 0.6 is 15.9 Å². The topological polar surface area (TPSA) is 78.5 Å². The lowest BCUT2D eigenvalue weighted by Gasteiger charge is -2.17. The summed E-state index contributed by atoms with van der Waals surface area (Å²) >= 11 is 3.37. The molecule has 6 nitrogen and oxygen atoms in total. The lowest BCUT2D eigenvalue weighted by atomic mass is 10.1. The maximum Gasteiger partial charge on any atom is 0.253 e. The molecule has 0 bridgehead atoms. The van der Waals surface area contributed by atoms with Crippen LogP contribution in [0, 0.1) is 5.92 Å². The molecule has 0 spiro atoms. The van der Waals surface area contributed by atoms with Crippen LogP contribution < -0.4 is 15.5 Å². The summed E-state index contributed by atoms with van der Waals surface area (Å²) in [6.07, 6.45) is 0.144. The Hall–Kier alpha value is -2.67. The van der Waals surface area contributed by atoms with Crippen molar-refractivity contribution in [2.24, 2.45) is 5.92 Å². The standard InChI is InChI=1S/C20H20BrN3O3/c1-2-22-20(27)16-5-3-4-6-17(16)23-19(26)13-11-18(25)24(12-13)15-9-7-14(21)8-10-15/h3-10,13H,2,11-12H2,1H3,(H,22,27)(H,23,26). The van der Waals surface area contributed by atoms with Gasteiger partial charge in [0.1, 0.15) is 0 Å². The number of benzene rings is 2. The number of anilines is 2. The first-order valence-corrected chi connectivity index (χ1v) is 9.53. The second-order valence-electron chi connectivity index (χ2n) is 6.28. The van der Waals surface area contributed by atoms with E-state index in [1.165, 1.54) is 0 Å². The van der Waals surface area contributed by atoms with E-state index in [2.05, 4.69) is 26.6 Å². The number of carbonyl (C=O) groups is 3. The highest BCUT2D eigenvalue weighted by Crippen LogP contribution is 2.27. The number of halogens is 1. The van der Waals surface area contributed by atoms with E-state index in [9.17, 15) is 14.4 Å². The van der Waals surface area contributed by atoms with E-state index in [0.717, 1.165) is 10.2 Å². The van der Waals surface area contributed by atoms with Gasteiger partial charge >= 0.3 is 0 Å². The van der Waals surface area contributed by atoms with Gasteiger partial charge in [0.15, 0.2) is 0 Å². The highest BCUT2D eigenvalue weighted by molar-refractivity contribution is 9.10. The Morgan fingerprint density at radius 1 is 1.15 bits per heavy atom. The van der Waals surface area contributed by atoms with Crippen molar-refractivity contribution in [3.63, 3.8) is 0 Å². The maximum atomic E-state index is 12.7. The third kappa shape index (κ3) is 4.36. The van der Waals surface area contributed by atoms with Gasteiger partial charge in [-0.15, -0.1) is 0 Å². The minimum Gasteiger partial charge on any atom is -0.352 e. The van der Waals surface area contributed by atoms with Crippen molar-refractivity contribution in [2.75, 3.05) is 23.3 Å². The quantitative estimate of drug-likeness (QED) is 0.765. The first kappa shape index (κ1) is 19.1. The van der Waals surface area contributed by atoms with Gasteiger partial charge in [-0.25, -0.2) is 0 Å². The summed E-state index contributed by atoms with van der Waals surface area (Å²) in [7, 11) is 0. The number of rotatable bonds is 5. The Bertz CT molecular complexity index is 867. The monoisotopic (exact) mass is 429 g/mol. The van der Waals surface area contributed by atoms with Crippen molar-refractivity contribution in [2.45, 2.75) is 13.3 Å². The molecule has 2 aromatic rings. The molecule has 1 unspecified atom stereocenters. The molecule has 7 heteroatoms. The molecule has 1 fully saturated rings. The van der Waals surface area contributed by atoms with Gasteiger partial charge in [0.25, 0.3) is 5.91 Å². The van der Waals surface area contributed by atoms with Crippen LogP contribution in [-0.2, 0) is 9.59 Å². The zero-order valence-corrected chi connectivity index (χ0v) is 16.5. The molecule has 0 aliphatic carbocycles. The summed E-state index contributed by atoms with van der Waals surface area (Å²) < 4.78 is 0.925. The lowest BCUT2D eigenvalue weighted by molar-refractivity contribution is -0.122. The number of hydrogen-bond acceptors (Lipinski definition) is 3. The van der Waals surface area contributed by atoms with Gasteiger partial charge in [-0.05, 0) is 43.3 Å². The molecule has 0 aromatic heterocycles. The molecule has 0 saturated carbocycles. The minimum atomic E-state index is -0.469. The molecule has 140 valence electrons. The van der Waals surface area contributed by atoms with E-state index in [1.807, 2.05) is 31.2 Å². The molecular formula is C20H20BrN3O3. The van der Waals surface area contributed by atoms with Crippen LogP contribution in [0.5, 0.6) is 0 Å². The number of hydrogen-bond donors (Lipinski definition) is 2. The second kappa shape index (κ2) is 8.35. The molecule has 2 N–H and O–H groups in total. The maximum absolute atomic E-state index is 12.7. The van der Waals surface area contributed by atoms with E-state index in [1.54, 1.807) is 29.2 Å². The van der Waals surface area contributed by atoms with Gasteiger partial charge in [0.2, 0.25) is 11.8 Å². The van der Waals surface area contributed by atoms with Crippen LogP contribution in [0.4, 0.5) is 11.4 Å². The summed E-state index contributed by atoms with van der Waals surface area (Å²) in [4.78, 5) is 38.8. The summed E-state index contributed by atoms with van der Waals surface area (Å²) in [5, 5.41) is 5.54. The molecule has 0 radical (unpaired) electrons. The Labute approximate surface area is 166 Å². The Morgan fingerprint density at radius 2 is 1.85 bits per heavy atom. The van der Waals surface area contributed by atoms with Crippen molar-refractivity contribution in [1.29, 1.82) is 0 Å². The van der Waals surface area contributed by atoms with E-state index in [0.29, 0.717) is 24.3 Å². The van der Waals surface area contributed by atoms with Gasteiger partial charge in [-0.2, -0.15) is 0 Å². The average molecular weight is 430 g/mol. The second-order valence-corrected chi connectivity index (χ2v) is 7.19. The molecular weight excluding hydrogens is 410 g/mol. The van der Waals surface area contributed by atoms with Gasteiger partial charge < -0.3 is 15.5 Å². The third-order valence-corrected chi connectivity index (χ3v) is 4.93. The lowest BCUT2D eigenvalue weighted by Crippen LogP contribution is -2.29. The Balaban J connectivity index is 1.72. The summed E-state index contributed by atoms with van der Waals surface area (Å²) in [6.45, 7) is 2.65. The van der Waals surface area contributed by atoms with E-state index >= 15 is 0 Å². The van der Waals surface area contributed by atoms with E-state index in [4.69, 9.17) is 0 Å². The number of nitrogens with one attached hydrogen (secondary N) is 2. The zero-order chi connectivity index (χ0) is 19.4. The zero-order valence-electron chi connectivity index (χ0n) is 14.9. The number of amides is 3. The normalized spacial score (nSPS) is 16.3. The summed E-state index contributed by atoms with van der Waals surface area (Å²) in [5.41, 5.74) is 1.62. The van der Waals surface area contributed by atoms with Gasteiger partial charge in [0.05, 0.1) is 17.2 Å². The molecule has 2 aromatic carbocycles. The molecule has 3 amide bonds. The van der Waals surface area contributed by atoms with Crippen LogP contribution in [0.15, 0.2) is 53.0 Å². The van der Waals surface area contributed by atoms with E-state index in [-0.39, 0.29) is 24.1 Å². The van der Waals surface area contributed by atoms with Crippen LogP contribution in [-0.4, -0.2) is 30.8 Å². The molecule has 1 saturated heterocycles. The van der Waals surface area contributed by atoms with Crippen molar-refractivity contribution >= 4 is 45.0 Å². The predicted octanol–water partition coefficient (Wildman–Crippen LogP) is 3.19. The van der Waals surface area contributed by atoms with Crippen molar-refractivity contribution in [3.05, 3.63) is 58.6 Å². The van der Waals surface area contributed by atoms with Gasteiger partial charge in [-0.1, -0.05) is 28.1 Å². The first-order valence-electron chi connectivity index (χ1n) is 8.73. The molecule has 3 rings (SSSR count). The van der Waals surface area contributed by atoms with Crippen LogP contribution in [0.25, 0.3) is 0 Å². The average Bonchev–Trinajstić information content (AvgIpc) is 3.05. The fourth-order valence-electron chi connectivity index (χ4n) is 3.03. The third-order valence-electron chi connectivity index (χ3n) is 4.40. The predicted molar refractivity (Wildman–Crippen MR) is 108 cm³/mol. The smallest absolute Gasteiger partial charge is 0.253 e. The van der Waals surface area contributed by atoms with E-state index < -0.39 is 5.92 Å². The number of nitrogens with zero attached hydrogens (tertiary/aromatic N) is 1. The Morgan fingerprint density at radius 3 is 2.56 bits per heavy atom. The van der Waals surface area contributed by atoms with Crippen molar-refractivity contribution in [1.82, 2.24) is 5.32 Å². The van der Waals surface area contributed by atoms with Crippen LogP contribution in [0.3, 0.4) is 0 Å². The Kier molecular flexibility index (Phi) is 5.91. The summed E-state index contributed by atoms with van der Waals surface area (Å²) in [6, 6.07) is 14.2. The highest BCUT2D eigenvalue weighted by Gasteiger charge is 2.35. The first-order chi connectivity index (χ1) is 13.0. The highest BCUT2D eigenvalue weighted by atomic mass is 79.9. The fraction of sp³-hybridized carbons (Fsp3) is 0.250. The molecule has 1 aliphatic heterocycles. The minimum absolute atomic E-state index is 0.0884. The van der Waals surface area contributed by atoms with Gasteiger partial charge in [0, 0.05) is 29.7 Å². The van der Waals surface area contributed by atoms with Crippen LogP contribution in [0.1, 0.15) is 23.7 Å². The van der Waals surface area contributed by atoms with Crippen molar-refractivity contribution < 1.29 is 14.4 Å². The van der Waals surface area contributed by atoms with Gasteiger partial charge in [-0.3, -0.25) is 14.4 Å². The fourth-order valence-corrected chi connectivity index (χ4v) is 3.30. The number of para-hydroxylation sites is 1. The SMILES string of the molecule is CCNC(=O)c1ccccc1NC(=O)C1CC(=O)N(c2ccc(Br)cc2)C1. The van der Waals surface area contributed by atoms with Crippen molar-refractivity contribution in [3.8, 4) is 0 Å². The largest absolute Gasteiger partial charge is 0.352 e.